The number of rotatable bonds is 16. The summed E-state index contributed by atoms with van der Waals surface area (Å²) in [7, 11) is -2.26. The first kappa shape index (κ1) is 36.6. The largest absolute Gasteiger partial charge is 0.434 e. The molecule has 3 aromatic rings. The van der Waals surface area contributed by atoms with Crippen molar-refractivity contribution >= 4 is 38.7 Å². The van der Waals surface area contributed by atoms with Gasteiger partial charge in [-0.25, -0.2) is 18.1 Å². The minimum Gasteiger partial charge on any atom is -0.434 e. The van der Waals surface area contributed by atoms with Crippen molar-refractivity contribution < 1.29 is 36.7 Å². The number of amides is 2. The van der Waals surface area contributed by atoms with Gasteiger partial charge in [0.2, 0.25) is 27.6 Å². The highest BCUT2D eigenvalue weighted by atomic mass is 32.2. The summed E-state index contributed by atoms with van der Waals surface area (Å²) in [5.41, 5.74) is 3.01. The molecule has 13 nitrogen and oxygen atoms in total. The quantitative estimate of drug-likeness (QED) is 0.189. The summed E-state index contributed by atoms with van der Waals surface area (Å²) >= 11 is 0. The van der Waals surface area contributed by atoms with E-state index in [0.29, 0.717) is 29.9 Å². The lowest BCUT2D eigenvalue weighted by Gasteiger charge is -2.30. The third kappa shape index (κ3) is 10.2. The van der Waals surface area contributed by atoms with Crippen molar-refractivity contribution in [2.24, 2.45) is 5.92 Å². The molecule has 2 amide bonds. The Morgan fingerprint density at radius 3 is 2.49 bits per heavy atom. The van der Waals surface area contributed by atoms with E-state index in [1.807, 2.05) is 31.2 Å². The molecule has 0 bridgehead atoms. The molecule has 0 unspecified atom stereocenters. The first-order valence-electron chi connectivity index (χ1n) is 16.9. The second kappa shape index (κ2) is 16.8. The van der Waals surface area contributed by atoms with E-state index in [0.717, 1.165) is 43.3 Å². The zero-order chi connectivity index (χ0) is 35.0. The van der Waals surface area contributed by atoms with Crippen molar-refractivity contribution in [2.45, 2.75) is 76.3 Å². The van der Waals surface area contributed by atoms with E-state index >= 15 is 0 Å². The van der Waals surface area contributed by atoms with Gasteiger partial charge in [-0.1, -0.05) is 42.0 Å². The Bertz CT molecular complexity index is 1660. The van der Waals surface area contributed by atoms with Crippen LogP contribution in [0.1, 0.15) is 60.3 Å². The molecule has 0 radical (unpaired) electrons. The molecule has 2 fully saturated rings. The number of ether oxygens (including phenoxy) is 2. The first-order valence-corrected chi connectivity index (χ1v) is 18.7. The van der Waals surface area contributed by atoms with E-state index < -0.39 is 51.9 Å². The van der Waals surface area contributed by atoms with Crippen LogP contribution in [0.5, 0.6) is 0 Å². The van der Waals surface area contributed by atoms with Crippen LogP contribution in [0.15, 0.2) is 52.9 Å². The fourth-order valence-corrected chi connectivity index (χ4v) is 7.21. The number of Topliss-reactive ketones (excluding diaryl/α,β-unsaturated/α-hetero) is 1. The molecule has 3 heterocycles. The van der Waals surface area contributed by atoms with E-state index in [9.17, 15) is 22.8 Å². The summed E-state index contributed by atoms with van der Waals surface area (Å²) in [5, 5.41) is 6.15. The van der Waals surface area contributed by atoms with Crippen LogP contribution in [0.25, 0.3) is 11.1 Å². The average molecular weight is 698 g/mol. The number of aryl methyl sites for hydroxylation is 1. The van der Waals surface area contributed by atoms with Crippen molar-refractivity contribution in [3.63, 3.8) is 0 Å². The summed E-state index contributed by atoms with van der Waals surface area (Å²) in [6.07, 6.45) is 3.67. The Labute approximate surface area is 287 Å². The zero-order valence-corrected chi connectivity index (χ0v) is 29.2. The number of benzene rings is 2. The van der Waals surface area contributed by atoms with Gasteiger partial charge in [-0.15, -0.1) is 0 Å². The molecule has 266 valence electrons. The fourth-order valence-electron chi connectivity index (χ4n) is 6.47. The van der Waals surface area contributed by atoms with Crippen LogP contribution in [-0.4, -0.2) is 99.7 Å². The van der Waals surface area contributed by atoms with E-state index in [1.165, 1.54) is 12.0 Å². The number of hydrogen-bond acceptors (Lipinski definition) is 10. The highest BCUT2D eigenvalue weighted by Gasteiger charge is 2.44. The highest BCUT2D eigenvalue weighted by molar-refractivity contribution is 7.88. The number of oxazole rings is 1. The number of carbonyl (C=O) groups excluding carboxylic acids is 3. The molecule has 3 N–H and O–H groups in total. The van der Waals surface area contributed by atoms with Gasteiger partial charge in [-0.3, -0.25) is 14.4 Å². The maximum Gasteiger partial charge on any atom is 0.266 e. The highest BCUT2D eigenvalue weighted by Crippen LogP contribution is 2.26. The van der Waals surface area contributed by atoms with Gasteiger partial charge in [0, 0.05) is 26.7 Å². The standard InChI is InChI=1S/C35H47N5O8S/c1-23-8-10-25(11-9-23)22-47-26-20-30(40(21-26)35(43)29(39-49(3,44)45)13-12-24-14-17-36-18-15-24)33(42)37-28(16-19-46-2)32(41)34-38-27-6-4-5-7-31(27)48-34/h4-11,24,26,28-30,36,39H,12-22H2,1-3H3,(H,37,42)/t26-,28+,29-,30+/m1/s1. The second-order valence-corrected chi connectivity index (χ2v) is 14.8. The number of sulfonamides is 1. The van der Waals surface area contributed by atoms with Gasteiger partial charge in [0.25, 0.3) is 5.89 Å². The Kier molecular flexibility index (Phi) is 12.6. The smallest absolute Gasteiger partial charge is 0.266 e. The van der Waals surface area contributed by atoms with Crippen molar-refractivity contribution in [2.75, 3.05) is 39.6 Å². The fraction of sp³-hybridized carbons (Fsp3) is 0.543. The topological polar surface area (TPSA) is 169 Å². The number of nitrogens with one attached hydrogen (secondary N) is 3. The Morgan fingerprint density at radius 2 is 1.80 bits per heavy atom. The predicted octanol–water partition coefficient (Wildman–Crippen LogP) is 2.72. The number of aromatic nitrogens is 1. The van der Waals surface area contributed by atoms with Gasteiger partial charge >= 0.3 is 0 Å². The average Bonchev–Trinajstić information content (AvgIpc) is 3.72. The van der Waals surface area contributed by atoms with Crippen LogP contribution in [-0.2, 0) is 35.7 Å². The van der Waals surface area contributed by atoms with E-state index in [1.54, 1.807) is 24.3 Å². The van der Waals surface area contributed by atoms with Crippen molar-refractivity contribution in [1.29, 1.82) is 0 Å². The van der Waals surface area contributed by atoms with Crippen molar-refractivity contribution in [3.05, 3.63) is 65.5 Å². The van der Waals surface area contributed by atoms with Crippen LogP contribution in [0.2, 0.25) is 0 Å². The summed E-state index contributed by atoms with van der Waals surface area (Å²) in [6, 6.07) is 11.8. The number of fused-ring (bicyclic) bond motifs is 1. The van der Waals surface area contributed by atoms with Crippen molar-refractivity contribution in [3.8, 4) is 0 Å². The lowest BCUT2D eigenvalue weighted by molar-refractivity contribution is -0.140. The molecule has 2 aliphatic rings. The van der Waals surface area contributed by atoms with Gasteiger partial charge in [0.05, 0.1) is 25.0 Å². The number of hydrogen-bond donors (Lipinski definition) is 3. The Hall–Kier alpha value is -3.69. The predicted molar refractivity (Wildman–Crippen MR) is 183 cm³/mol. The third-order valence-corrected chi connectivity index (χ3v) is 9.89. The lowest BCUT2D eigenvalue weighted by Crippen LogP contribution is -2.55. The Morgan fingerprint density at radius 1 is 1.06 bits per heavy atom. The molecular formula is C35H47N5O8S. The maximum atomic E-state index is 14.2. The molecule has 2 aromatic carbocycles. The summed E-state index contributed by atoms with van der Waals surface area (Å²) < 4.78 is 44.6. The van der Waals surface area contributed by atoms with Gasteiger partial charge in [-0.05, 0) is 75.7 Å². The monoisotopic (exact) mass is 697 g/mol. The molecule has 5 rings (SSSR count). The van der Waals surface area contributed by atoms with Crippen LogP contribution < -0.4 is 15.4 Å². The van der Waals surface area contributed by atoms with Crippen LogP contribution in [0.3, 0.4) is 0 Å². The molecule has 4 atom stereocenters. The SMILES string of the molecule is COCC[C@H](NC(=O)[C@@H]1C[C@@H](OCc2ccc(C)cc2)CN1C(=O)[C@@H](CCC1CCNCC1)NS(C)(=O)=O)C(=O)c1nc2ccccc2o1. The molecule has 2 aliphatic heterocycles. The maximum absolute atomic E-state index is 14.2. The van der Waals surface area contributed by atoms with Gasteiger partial charge in [-0.2, -0.15) is 0 Å². The minimum atomic E-state index is -3.75. The zero-order valence-electron chi connectivity index (χ0n) is 28.4. The molecule has 2 saturated heterocycles. The normalized spacial score (nSPS) is 19.9. The van der Waals surface area contributed by atoms with Crippen LogP contribution in [0, 0.1) is 12.8 Å². The lowest BCUT2D eigenvalue weighted by atomic mass is 9.91. The number of piperidine rings is 1. The number of ketones is 1. The van der Waals surface area contributed by atoms with Crippen molar-refractivity contribution in [1.82, 2.24) is 25.2 Å². The number of carbonyl (C=O) groups is 3. The molecule has 0 aliphatic carbocycles. The number of likely N-dealkylation sites (tertiary alicyclic amines) is 1. The summed E-state index contributed by atoms with van der Waals surface area (Å²) in [6.45, 7) is 4.28. The first-order chi connectivity index (χ1) is 23.5. The van der Waals surface area contributed by atoms with E-state index in [-0.39, 0.29) is 38.5 Å². The second-order valence-electron chi connectivity index (χ2n) is 13.1. The number of nitrogens with zero attached hydrogens (tertiary/aromatic N) is 2. The summed E-state index contributed by atoms with van der Waals surface area (Å²) in [5.74, 6) is -1.36. The molecule has 0 saturated carbocycles. The van der Waals surface area contributed by atoms with Crippen LogP contribution >= 0.6 is 0 Å². The van der Waals surface area contributed by atoms with Crippen LogP contribution in [0.4, 0.5) is 0 Å². The molecule has 49 heavy (non-hydrogen) atoms. The number of para-hydroxylation sites is 2. The van der Waals surface area contributed by atoms with E-state index in [2.05, 4.69) is 20.3 Å². The third-order valence-electron chi connectivity index (χ3n) is 9.18. The molecule has 0 spiro atoms. The summed E-state index contributed by atoms with van der Waals surface area (Å²) in [4.78, 5) is 47.6. The molecule has 1 aromatic heterocycles. The Balaban J connectivity index is 1.36. The minimum absolute atomic E-state index is 0.0832. The van der Waals surface area contributed by atoms with E-state index in [4.69, 9.17) is 13.9 Å². The molecule has 14 heteroatoms. The van der Waals surface area contributed by atoms with Gasteiger partial charge in [0.15, 0.2) is 5.58 Å². The molecular weight excluding hydrogens is 650 g/mol. The van der Waals surface area contributed by atoms with Gasteiger partial charge < -0.3 is 29.4 Å². The number of methoxy groups -OCH3 is 1. The van der Waals surface area contributed by atoms with Gasteiger partial charge in [0.1, 0.15) is 17.6 Å².